The smallest absolute Gasteiger partial charge is 0.307 e. The van der Waals surface area contributed by atoms with Crippen molar-refractivity contribution < 1.29 is 19.5 Å². The topological polar surface area (TPSA) is 101 Å². The van der Waals surface area contributed by atoms with E-state index in [9.17, 15) is 19.5 Å². The fraction of sp³-hybridized carbons (Fsp3) is 0.786. The second-order valence-electron chi connectivity index (χ2n) is 5.86. The highest BCUT2D eigenvalue weighted by molar-refractivity contribution is 5.86. The van der Waals surface area contributed by atoms with Gasteiger partial charge in [-0.05, 0) is 25.7 Å². The summed E-state index contributed by atoms with van der Waals surface area (Å²) in [5, 5.41) is 9.25. The van der Waals surface area contributed by atoms with Gasteiger partial charge in [0.25, 0.3) is 0 Å². The first-order chi connectivity index (χ1) is 9.50. The van der Waals surface area contributed by atoms with Gasteiger partial charge in [-0.1, -0.05) is 12.8 Å². The Morgan fingerprint density at radius 1 is 1.00 bits per heavy atom. The molecule has 20 heavy (non-hydrogen) atoms. The van der Waals surface area contributed by atoms with Gasteiger partial charge in [0.2, 0.25) is 11.8 Å². The molecule has 0 aromatic heterocycles. The lowest BCUT2D eigenvalue weighted by Gasteiger charge is -2.36. The van der Waals surface area contributed by atoms with Crippen molar-refractivity contribution in [3.05, 3.63) is 0 Å². The van der Waals surface area contributed by atoms with Crippen LogP contribution < -0.4 is 5.73 Å². The minimum atomic E-state index is -0.883. The Bertz CT molecular complexity index is 410. The van der Waals surface area contributed by atoms with E-state index in [-0.39, 0.29) is 17.7 Å². The SMILES string of the molecule is NC(=O)C1CCCN(C(=O)[C@@H]2CCCC[C@@H]2C(=O)O)C1. The van der Waals surface area contributed by atoms with E-state index >= 15 is 0 Å². The number of nitrogens with two attached hydrogens (primary N) is 1. The minimum Gasteiger partial charge on any atom is -0.481 e. The zero-order chi connectivity index (χ0) is 14.7. The fourth-order valence-electron chi connectivity index (χ4n) is 3.37. The molecule has 1 aliphatic heterocycles. The highest BCUT2D eigenvalue weighted by Crippen LogP contribution is 2.32. The average molecular weight is 282 g/mol. The zero-order valence-electron chi connectivity index (χ0n) is 11.6. The van der Waals surface area contributed by atoms with Crippen molar-refractivity contribution in [1.82, 2.24) is 4.90 Å². The Kier molecular flexibility index (Phi) is 4.62. The maximum absolute atomic E-state index is 12.5. The molecule has 1 saturated carbocycles. The molecule has 112 valence electrons. The van der Waals surface area contributed by atoms with Crippen LogP contribution in [0.4, 0.5) is 0 Å². The molecule has 0 bridgehead atoms. The molecule has 1 heterocycles. The molecule has 3 atom stereocenters. The molecule has 2 fully saturated rings. The maximum atomic E-state index is 12.5. The quantitative estimate of drug-likeness (QED) is 0.791. The van der Waals surface area contributed by atoms with Crippen molar-refractivity contribution in [2.45, 2.75) is 38.5 Å². The van der Waals surface area contributed by atoms with E-state index < -0.39 is 17.8 Å². The highest BCUT2D eigenvalue weighted by atomic mass is 16.4. The molecular weight excluding hydrogens is 260 g/mol. The van der Waals surface area contributed by atoms with Crippen molar-refractivity contribution in [3.63, 3.8) is 0 Å². The number of hydrogen-bond acceptors (Lipinski definition) is 3. The molecule has 0 aromatic rings. The lowest BCUT2D eigenvalue weighted by molar-refractivity contribution is -0.153. The Morgan fingerprint density at radius 3 is 2.25 bits per heavy atom. The van der Waals surface area contributed by atoms with E-state index in [2.05, 4.69) is 0 Å². The number of carboxylic acids is 1. The van der Waals surface area contributed by atoms with Gasteiger partial charge in [-0.15, -0.1) is 0 Å². The van der Waals surface area contributed by atoms with Crippen LogP contribution in [-0.4, -0.2) is 40.9 Å². The van der Waals surface area contributed by atoms with E-state index in [4.69, 9.17) is 5.73 Å². The van der Waals surface area contributed by atoms with Crippen LogP contribution in [-0.2, 0) is 14.4 Å². The van der Waals surface area contributed by atoms with Gasteiger partial charge < -0.3 is 15.7 Å². The largest absolute Gasteiger partial charge is 0.481 e. The lowest BCUT2D eigenvalue weighted by Crippen LogP contribution is -2.48. The second kappa shape index (κ2) is 6.24. The van der Waals surface area contributed by atoms with E-state index in [1.165, 1.54) is 0 Å². The molecular formula is C14H22N2O4. The summed E-state index contributed by atoms with van der Waals surface area (Å²) < 4.78 is 0. The number of rotatable bonds is 3. The summed E-state index contributed by atoms with van der Waals surface area (Å²) >= 11 is 0. The molecule has 6 heteroatoms. The van der Waals surface area contributed by atoms with Crippen LogP contribution in [0, 0.1) is 17.8 Å². The number of carbonyl (C=O) groups is 3. The van der Waals surface area contributed by atoms with Crippen LogP contribution in [0.3, 0.4) is 0 Å². The third-order valence-electron chi connectivity index (χ3n) is 4.54. The van der Waals surface area contributed by atoms with Crippen LogP contribution in [0.1, 0.15) is 38.5 Å². The lowest BCUT2D eigenvalue weighted by atomic mass is 9.78. The van der Waals surface area contributed by atoms with E-state index in [1.54, 1.807) is 4.90 Å². The van der Waals surface area contributed by atoms with Gasteiger partial charge in [0.05, 0.1) is 17.8 Å². The molecule has 2 amide bonds. The molecule has 0 aromatic carbocycles. The second-order valence-corrected chi connectivity index (χ2v) is 5.86. The van der Waals surface area contributed by atoms with Crippen molar-refractivity contribution in [2.24, 2.45) is 23.5 Å². The molecule has 6 nitrogen and oxygen atoms in total. The Balaban J connectivity index is 2.05. The van der Waals surface area contributed by atoms with Gasteiger partial charge >= 0.3 is 5.97 Å². The van der Waals surface area contributed by atoms with Crippen LogP contribution in [0.25, 0.3) is 0 Å². The Hall–Kier alpha value is -1.59. The molecule has 0 radical (unpaired) electrons. The maximum Gasteiger partial charge on any atom is 0.307 e. The minimum absolute atomic E-state index is 0.108. The number of carbonyl (C=O) groups excluding carboxylic acids is 2. The van der Waals surface area contributed by atoms with Crippen molar-refractivity contribution >= 4 is 17.8 Å². The number of hydrogen-bond donors (Lipinski definition) is 2. The third kappa shape index (κ3) is 3.11. The number of primary amides is 1. The summed E-state index contributed by atoms with van der Waals surface area (Å²) in [7, 11) is 0. The molecule has 1 unspecified atom stereocenters. The summed E-state index contributed by atoms with van der Waals surface area (Å²) in [4.78, 5) is 36.7. The molecule has 2 aliphatic rings. The summed E-state index contributed by atoms with van der Waals surface area (Å²) in [6.07, 6.45) is 4.43. The monoisotopic (exact) mass is 282 g/mol. The predicted molar refractivity (Wildman–Crippen MR) is 71.6 cm³/mol. The molecule has 2 rings (SSSR count). The van der Waals surface area contributed by atoms with Crippen LogP contribution in [0.15, 0.2) is 0 Å². The fourth-order valence-corrected chi connectivity index (χ4v) is 3.37. The molecule has 1 saturated heterocycles. The van der Waals surface area contributed by atoms with Crippen LogP contribution in [0.2, 0.25) is 0 Å². The summed E-state index contributed by atoms with van der Waals surface area (Å²) in [6, 6.07) is 0. The summed E-state index contributed by atoms with van der Waals surface area (Å²) in [6.45, 7) is 0.947. The number of nitrogens with zero attached hydrogens (tertiary/aromatic N) is 1. The van der Waals surface area contributed by atoms with Gasteiger partial charge in [0.15, 0.2) is 0 Å². The first-order valence-electron chi connectivity index (χ1n) is 7.31. The molecule has 0 spiro atoms. The standard InChI is InChI=1S/C14H22N2O4/c15-12(17)9-4-3-7-16(8-9)13(18)10-5-1-2-6-11(10)14(19)20/h9-11H,1-8H2,(H2,15,17)(H,19,20)/t9?,10-,11+/m1/s1. The first kappa shape index (κ1) is 14.8. The number of piperidine rings is 1. The van der Waals surface area contributed by atoms with Crippen LogP contribution in [0.5, 0.6) is 0 Å². The number of aliphatic carboxylic acids is 1. The van der Waals surface area contributed by atoms with Crippen molar-refractivity contribution in [1.29, 1.82) is 0 Å². The van der Waals surface area contributed by atoms with Gasteiger partial charge in [-0.25, -0.2) is 0 Å². The molecule has 1 aliphatic carbocycles. The average Bonchev–Trinajstić information content (AvgIpc) is 2.46. The van der Waals surface area contributed by atoms with Crippen molar-refractivity contribution in [2.75, 3.05) is 13.1 Å². The predicted octanol–water partition coefficient (Wildman–Crippen LogP) is 0.601. The third-order valence-corrected chi connectivity index (χ3v) is 4.54. The summed E-state index contributed by atoms with van der Waals surface area (Å²) in [5.74, 6) is -2.67. The first-order valence-corrected chi connectivity index (χ1v) is 7.31. The van der Waals surface area contributed by atoms with Crippen molar-refractivity contribution in [3.8, 4) is 0 Å². The summed E-state index contributed by atoms with van der Waals surface area (Å²) in [5.41, 5.74) is 5.31. The number of likely N-dealkylation sites (tertiary alicyclic amines) is 1. The van der Waals surface area contributed by atoms with Gasteiger partial charge in [-0.3, -0.25) is 14.4 Å². The van der Waals surface area contributed by atoms with E-state index in [0.29, 0.717) is 32.4 Å². The molecule has 3 N–H and O–H groups in total. The Morgan fingerprint density at radius 2 is 1.65 bits per heavy atom. The van der Waals surface area contributed by atoms with Gasteiger partial charge in [-0.2, -0.15) is 0 Å². The Labute approximate surface area is 118 Å². The van der Waals surface area contributed by atoms with Crippen LogP contribution >= 0.6 is 0 Å². The van der Waals surface area contributed by atoms with E-state index in [1.807, 2.05) is 0 Å². The number of carboxylic acid groups (broad SMARTS) is 1. The zero-order valence-corrected chi connectivity index (χ0v) is 11.6. The highest BCUT2D eigenvalue weighted by Gasteiger charge is 2.39. The number of amides is 2. The normalized spacial score (nSPS) is 30.8. The van der Waals surface area contributed by atoms with Gasteiger partial charge in [0, 0.05) is 13.1 Å². The van der Waals surface area contributed by atoms with E-state index in [0.717, 1.165) is 19.3 Å². The van der Waals surface area contributed by atoms with Gasteiger partial charge in [0.1, 0.15) is 0 Å².